The molecular formula is C18H28N2O2. The van der Waals surface area contributed by atoms with Crippen LogP contribution in [0.25, 0.3) is 0 Å². The number of carbonyl (C=O) groups is 2. The Labute approximate surface area is 133 Å². The minimum atomic E-state index is 0.0111. The molecule has 0 atom stereocenters. The van der Waals surface area contributed by atoms with Crippen LogP contribution in [0.15, 0.2) is 24.3 Å². The average molecular weight is 304 g/mol. The molecule has 22 heavy (non-hydrogen) atoms. The van der Waals surface area contributed by atoms with Gasteiger partial charge in [-0.25, -0.2) is 0 Å². The van der Waals surface area contributed by atoms with E-state index in [1.807, 2.05) is 18.2 Å². The first kappa shape index (κ1) is 18.2. The number of carbonyl (C=O) groups excluding carboxylic acids is 2. The molecule has 4 heteroatoms. The van der Waals surface area contributed by atoms with Crippen LogP contribution in [0.3, 0.4) is 0 Å². The van der Waals surface area contributed by atoms with Crippen LogP contribution in [0.4, 0.5) is 11.4 Å². The van der Waals surface area contributed by atoms with E-state index < -0.39 is 0 Å². The highest BCUT2D eigenvalue weighted by molar-refractivity contribution is 5.94. The Balaban J connectivity index is 2.51. The molecule has 1 aromatic rings. The van der Waals surface area contributed by atoms with Gasteiger partial charge in [0.2, 0.25) is 11.8 Å². The molecule has 0 spiro atoms. The van der Waals surface area contributed by atoms with Crippen LogP contribution in [-0.2, 0) is 9.59 Å². The van der Waals surface area contributed by atoms with Crippen molar-refractivity contribution in [3.05, 3.63) is 24.3 Å². The van der Waals surface area contributed by atoms with Gasteiger partial charge >= 0.3 is 0 Å². The van der Waals surface area contributed by atoms with Gasteiger partial charge in [0, 0.05) is 24.2 Å². The predicted octanol–water partition coefficient (Wildman–Crippen LogP) is 4.44. The fraction of sp³-hybridized carbons (Fsp3) is 0.556. The topological polar surface area (TPSA) is 58.2 Å². The van der Waals surface area contributed by atoms with E-state index in [0.29, 0.717) is 24.7 Å². The Morgan fingerprint density at radius 3 is 1.64 bits per heavy atom. The maximum absolute atomic E-state index is 11.8. The van der Waals surface area contributed by atoms with E-state index in [0.717, 1.165) is 24.2 Å². The average Bonchev–Trinajstić information content (AvgIpc) is 2.43. The summed E-state index contributed by atoms with van der Waals surface area (Å²) in [7, 11) is 0. The minimum absolute atomic E-state index is 0.0111. The van der Waals surface area contributed by atoms with Gasteiger partial charge < -0.3 is 10.6 Å². The van der Waals surface area contributed by atoms with Gasteiger partial charge in [0.1, 0.15) is 0 Å². The predicted molar refractivity (Wildman–Crippen MR) is 91.8 cm³/mol. The minimum Gasteiger partial charge on any atom is -0.326 e. The molecule has 0 aliphatic rings. The van der Waals surface area contributed by atoms with Crippen molar-refractivity contribution in [1.82, 2.24) is 0 Å². The number of nitrogens with one attached hydrogen (secondary N) is 2. The van der Waals surface area contributed by atoms with Crippen molar-refractivity contribution in [1.29, 1.82) is 0 Å². The summed E-state index contributed by atoms with van der Waals surface area (Å²) < 4.78 is 0. The van der Waals surface area contributed by atoms with Gasteiger partial charge in [-0.1, -0.05) is 33.8 Å². The lowest BCUT2D eigenvalue weighted by Crippen LogP contribution is -2.14. The molecule has 0 aromatic heterocycles. The lowest BCUT2D eigenvalue weighted by Gasteiger charge is -2.10. The lowest BCUT2D eigenvalue weighted by molar-refractivity contribution is -0.117. The summed E-state index contributed by atoms with van der Waals surface area (Å²) in [6.45, 7) is 8.39. The molecule has 1 aromatic carbocycles. The number of hydrogen-bond acceptors (Lipinski definition) is 2. The number of rotatable bonds is 8. The van der Waals surface area contributed by atoms with E-state index in [9.17, 15) is 9.59 Å². The Morgan fingerprint density at radius 2 is 1.27 bits per heavy atom. The van der Waals surface area contributed by atoms with Crippen molar-refractivity contribution < 1.29 is 9.59 Å². The zero-order chi connectivity index (χ0) is 16.5. The molecule has 0 saturated heterocycles. The first-order valence-corrected chi connectivity index (χ1v) is 8.06. The molecule has 2 N–H and O–H groups in total. The summed E-state index contributed by atoms with van der Waals surface area (Å²) in [6.07, 6.45) is 2.78. The largest absolute Gasteiger partial charge is 0.326 e. The Morgan fingerprint density at radius 1 is 0.864 bits per heavy atom. The van der Waals surface area contributed by atoms with Gasteiger partial charge in [0.05, 0.1) is 0 Å². The van der Waals surface area contributed by atoms with Crippen molar-refractivity contribution in [3.63, 3.8) is 0 Å². The van der Waals surface area contributed by atoms with E-state index in [1.165, 1.54) is 0 Å². The standard InChI is InChI=1S/C18H28N2O2/c1-13(2)8-10-17(21)19-15-6-5-7-16(12-15)20-18(22)11-9-14(3)4/h5-7,12-14H,8-11H2,1-4H3,(H,19,21)(H,20,22). The van der Waals surface area contributed by atoms with Crippen LogP contribution >= 0.6 is 0 Å². The van der Waals surface area contributed by atoms with Crippen molar-refractivity contribution in [2.75, 3.05) is 10.6 Å². The van der Waals surface area contributed by atoms with Crippen LogP contribution in [0.5, 0.6) is 0 Å². The Hall–Kier alpha value is -1.84. The van der Waals surface area contributed by atoms with Crippen LogP contribution < -0.4 is 10.6 Å². The molecule has 0 aliphatic carbocycles. The number of amides is 2. The van der Waals surface area contributed by atoms with Gasteiger partial charge in [-0.15, -0.1) is 0 Å². The summed E-state index contributed by atoms with van der Waals surface area (Å²) in [4.78, 5) is 23.7. The first-order chi connectivity index (χ1) is 10.4. The highest BCUT2D eigenvalue weighted by Gasteiger charge is 2.07. The van der Waals surface area contributed by atoms with Gasteiger partial charge in [-0.3, -0.25) is 9.59 Å². The molecule has 0 radical (unpaired) electrons. The smallest absolute Gasteiger partial charge is 0.224 e. The van der Waals surface area contributed by atoms with Gasteiger partial charge in [-0.05, 0) is 42.9 Å². The lowest BCUT2D eigenvalue weighted by atomic mass is 10.1. The quantitative estimate of drug-likeness (QED) is 0.746. The Bertz CT molecular complexity index is 454. The zero-order valence-electron chi connectivity index (χ0n) is 14.1. The van der Waals surface area contributed by atoms with E-state index in [2.05, 4.69) is 38.3 Å². The summed E-state index contributed by atoms with van der Waals surface area (Å²) in [5, 5.41) is 5.74. The van der Waals surface area contributed by atoms with Crippen molar-refractivity contribution in [2.45, 2.75) is 53.4 Å². The summed E-state index contributed by atoms with van der Waals surface area (Å²) in [5.74, 6) is 1.05. The van der Waals surface area contributed by atoms with Crippen LogP contribution in [-0.4, -0.2) is 11.8 Å². The van der Waals surface area contributed by atoms with Gasteiger partial charge in [0.15, 0.2) is 0 Å². The second kappa shape index (κ2) is 9.23. The Kier molecular flexibility index (Phi) is 7.64. The molecule has 0 fully saturated rings. The van der Waals surface area contributed by atoms with Crippen molar-refractivity contribution in [2.24, 2.45) is 11.8 Å². The summed E-state index contributed by atoms with van der Waals surface area (Å²) in [5.41, 5.74) is 1.44. The molecule has 2 amide bonds. The van der Waals surface area contributed by atoms with Crippen LogP contribution in [0.1, 0.15) is 53.4 Å². The van der Waals surface area contributed by atoms with E-state index in [1.54, 1.807) is 6.07 Å². The highest BCUT2D eigenvalue weighted by atomic mass is 16.2. The normalized spacial score (nSPS) is 10.8. The maximum atomic E-state index is 11.8. The SMILES string of the molecule is CC(C)CCC(=O)Nc1cccc(NC(=O)CCC(C)C)c1. The number of hydrogen-bond donors (Lipinski definition) is 2. The molecule has 0 heterocycles. The third kappa shape index (κ3) is 7.81. The van der Waals surface area contributed by atoms with Gasteiger partial charge in [0.25, 0.3) is 0 Å². The number of benzene rings is 1. The molecule has 4 nitrogen and oxygen atoms in total. The van der Waals surface area contributed by atoms with E-state index >= 15 is 0 Å². The molecule has 0 saturated carbocycles. The highest BCUT2D eigenvalue weighted by Crippen LogP contribution is 2.17. The molecule has 1 rings (SSSR count). The van der Waals surface area contributed by atoms with E-state index in [-0.39, 0.29) is 11.8 Å². The van der Waals surface area contributed by atoms with Crippen LogP contribution in [0, 0.1) is 11.8 Å². The molecule has 122 valence electrons. The first-order valence-electron chi connectivity index (χ1n) is 8.06. The van der Waals surface area contributed by atoms with Crippen molar-refractivity contribution >= 4 is 23.2 Å². The summed E-state index contributed by atoms with van der Waals surface area (Å²) >= 11 is 0. The fourth-order valence-corrected chi connectivity index (χ4v) is 1.96. The number of anilines is 2. The third-order valence-corrected chi connectivity index (χ3v) is 3.33. The maximum Gasteiger partial charge on any atom is 0.224 e. The zero-order valence-corrected chi connectivity index (χ0v) is 14.1. The van der Waals surface area contributed by atoms with Crippen molar-refractivity contribution in [3.8, 4) is 0 Å². The van der Waals surface area contributed by atoms with Gasteiger partial charge in [-0.2, -0.15) is 0 Å². The molecule has 0 bridgehead atoms. The van der Waals surface area contributed by atoms with E-state index in [4.69, 9.17) is 0 Å². The molecule has 0 aliphatic heterocycles. The second-order valence-corrected chi connectivity index (χ2v) is 6.54. The fourth-order valence-electron chi connectivity index (χ4n) is 1.96. The second-order valence-electron chi connectivity index (χ2n) is 6.54. The summed E-state index contributed by atoms with van der Waals surface area (Å²) in [6, 6.07) is 7.28. The third-order valence-electron chi connectivity index (χ3n) is 3.33. The molecule has 0 unspecified atom stereocenters. The monoisotopic (exact) mass is 304 g/mol. The molecular weight excluding hydrogens is 276 g/mol. The van der Waals surface area contributed by atoms with Crippen LogP contribution in [0.2, 0.25) is 0 Å².